The van der Waals surface area contributed by atoms with E-state index in [0.29, 0.717) is 50.2 Å². The number of hydrogen-bond acceptors (Lipinski definition) is 4. The van der Waals surface area contributed by atoms with Gasteiger partial charge in [0.1, 0.15) is 11.2 Å². The summed E-state index contributed by atoms with van der Waals surface area (Å²) in [6.45, 7) is 0. The van der Waals surface area contributed by atoms with E-state index in [9.17, 15) is 0 Å². The molecule has 8 heteroatoms. The van der Waals surface area contributed by atoms with Crippen LogP contribution < -0.4 is 0 Å². The van der Waals surface area contributed by atoms with Crippen LogP contribution in [-0.2, 0) is 11.6 Å². The van der Waals surface area contributed by atoms with Crippen molar-refractivity contribution in [3.8, 4) is 62.1 Å². The highest BCUT2D eigenvalue weighted by atomic mass is 19.4. The van der Waals surface area contributed by atoms with E-state index in [1.54, 1.807) is 6.07 Å². The number of halogens is 3. The van der Waals surface area contributed by atoms with Crippen molar-refractivity contribution in [2.24, 2.45) is 0 Å². The molecule has 12 aromatic rings. The molecule has 14 rings (SSSR count). The van der Waals surface area contributed by atoms with E-state index in [1.165, 1.54) is 6.07 Å². The molecule has 0 unspecified atom stereocenters. The normalized spacial score (nSPS) is 13.4. The van der Waals surface area contributed by atoms with Crippen molar-refractivity contribution in [2.75, 3.05) is 0 Å². The molecule has 9 aromatic carbocycles. The fourth-order valence-corrected chi connectivity index (χ4v) is 11.2. The molecule has 316 valence electrons. The third kappa shape index (κ3) is 5.18. The van der Waals surface area contributed by atoms with Gasteiger partial charge in [0.05, 0.1) is 38.6 Å². The van der Waals surface area contributed by atoms with E-state index < -0.39 is 17.2 Å². The average Bonchev–Trinajstić information content (AvgIpc) is 4.09. The Labute approximate surface area is 381 Å². The number of fused-ring (bicyclic) bond motifs is 16. The summed E-state index contributed by atoms with van der Waals surface area (Å²) < 4.78 is 58.2. The lowest BCUT2D eigenvalue weighted by Gasteiger charge is -2.30. The maximum absolute atomic E-state index is 16.5. The minimum Gasteiger partial charge on any atom is -0.455 e. The third-order valence-corrected chi connectivity index (χ3v) is 13.9. The van der Waals surface area contributed by atoms with Crippen LogP contribution in [0.1, 0.15) is 27.8 Å². The van der Waals surface area contributed by atoms with Gasteiger partial charge < -0.3 is 8.98 Å². The summed E-state index contributed by atoms with van der Waals surface area (Å²) in [5.74, 6) is 0.715. The Morgan fingerprint density at radius 3 is 1.54 bits per heavy atom. The monoisotopic (exact) mass is 870 g/mol. The van der Waals surface area contributed by atoms with Gasteiger partial charge in [0, 0.05) is 27.3 Å². The van der Waals surface area contributed by atoms with Gasteiger partial charge in [-0.2, -0.15) is 13.2 Å². The summed E-state index contributed by atoms with van der Waals surface area (Å²) in [6.07, 6.45) is -4.84. The number of benzene rings is 9. The van der Waals surface area contributed by atoms with E-state index in [4.69, 9.17) is 19.4 Å². The van der Waals surface area contributed by atoms with Crippen molar-refractivity contribution in [3.63, 3.8) is 0 Å². The van der Waals surface area contributed by atoms with Gasteiger partial charge in [-0.25, -0.2) is 15.0 Å². The summed E-state index contributed by atoms with van der Waals surface area (Å²) in [5.41, 5.74) is 10.8. The molecule has 0 bridgehead atoms. The zero-order valence-corrected chi connectivity index (χ0v) is 35.4. The van der Waals surface area contributed by atoms with Gasteiger partial charge in [-0.1, -0.05) is 170 Å². The van der Waals surface area contributed by atoms with E-state index in [1.807, 2.05) is 108 Å². The summed E-state index contributed by atoms with van der Waals surface area (Å²) in [7, 11) is 0. The Balaban J connectivity index is 1.13. The van der Waals surface area contributed by atoms with E-state index in [0.717, 1.165) is 55.3 Å². The minimum atomic E-state index is -4.84. The van der Waals surface area contributed by atoms with Gasteiger partial charge in [-0.15, -0.1) is 0 Å². The van der Waals surface area contributed by atoms with Gasteiger partial charge in [0.25, 0.3) is 0 Å². The Kier molecular flexibility index (Phi) is 7.71. The van der Waals surface area contributed by atoms with Crippen LogP contribution in [0.4, 0.5) is 13.2 Å². The van der Waals surface area contributed by atoms with Crippen molar-refractivity contribution in [1.82, 2.24) is 19.5 Å². The van der Waals surface area contributed by atoms with Crippen molar-refractivity contribution in [3.05, 3.63) is 228 Å². The Bertz CT molecular complexity index is 3940. The van der Waals surface area contributed by atoms with Crippen LogP contribution in [0.15, 0.2) is 205 Å². The summed E-state index contributed by atoms with van der Waals surface area (Å²) in [6, 6.07) is 65.0. The van der Waals surface area contributed by atoms with E-state index >= 15 is 13.2 Å². The number of rotatable bonds is 4. The van der Waals surface area contributed by atoms with Gasteiger partial charge in [0.15, 0.2) is 17.5 Å². The lowest BCUT2D eigenvalue weighted by Crippen LogP contribution is -2.25. The second-order valence-electron chi connectivity index (χ2n) is 17.3. The van der Waals surface area contributed by atoms with Crippen molar-refractivity contribution in [2.45, 2.75) is 11.6 Å². The second kappa shape index (κ2) is 13.7. The first-order valence-electron chi connectivity index (χ1n) is 22.2. The molecule has 0 fully saturated rings. The van der Waals surface area contributed by atoms with Crippen LogP contribution in [0, 0.1) is 0 Å². The zero-order valence-electron chi connectivity index (χ0n) is 35.4. The molecule has 2 aliphatic carbocycles. The first kappa shape index (κ1) is 37.7. The topological polar surface area (TPSA) is 56.7 Å². The van der Waals surface area contributed by atoms with Crippen molar-refractivity contribution in [1.29, 1.82) is 0 Å². The molecular formula is C59H33F3N4O. The quantitative estimate of drug-likeness (QED) is 0.177. The molecule has 0 aliphatic heterocycles. The summed E-state index contributed by atoms with van der Waals surface area (Å²) in [5, 5.41) is 2.52. The fraction of sp³-hybridized carbons (Fsp3) is 0.0339. The first-order chi connectivity index (χ1) is 32.9. The van der Waals surface area contributed by atoms with Gasteiger partial charge in [0.2, 0.25) is 0 Å². The number of nitrogens with zero attached hydrogens (tertiary/aromatic N) is 4. The molecule has 3 heterocycles. The standard InChI is InChI=1S/C59H33F3N4O/c60-59(61,62)48-32-43(57-64-55(34-17-3-1-4-18-34)63-56(65-57)35-19-5-2-6-20-35)54-52(40-25-11-16-30-51(40)67-54)53(48)66-49-29-15-10-24-39(49)42-31-41-38-23-9-14-28-46(38)58(47(41)33-50(42)66)44-26-12-7-21-36(44)37-22-8-13-27-45(37)58/h1-33H. The minimum absolute atomic E-state index is 0.0280. The highest BCUT2D eigenvalue weighted by Gasteiger charge is 2.52. The van der Waals surface area contributed by atoms with Crippen LogP contribution in [0.2, 0.25) is 0 Å². The maximum atomic E-state index is 16.5. The fourth-order valence-electron chi connectivity index (χ4n) is 11.2. The van der Waals surface area contributed by atoms with Crippen molar-refractivity contribution >= 4 is 43.7 Å². The van der Waals surface area contributed by atoms with E-state index in [2.05, 4.69) is 84.9 Å². The Hall–Kier alpha value is -8.62. The number of alkyl halides is 3. The highest BCUT2D eigenvalue weighted by molar-refractivity contribution is 6.18. The molecule has 2 aliphatic rings. The first-order valence-corrected chi connectivity index (χ1v) is 22.2. The highest BCUT2D eigenvalue weighted by Crippen LogP contribution is 2.63. The maximum Gasteiger partial charge on any atom is 0.418 e. The summed E-state index contributed by atoms with van der Waals surface area (Å²) in [4.78, 5) is 14.7. The molecular weight excluding hydrogens is 838 g/mol. The van der Waals surface area contributed by atoms with Gasteiger partial charge >= 0.3 is 6.18 Å². The smallest absolute Gasteiger partial charge is 0.418 e. The largest absolute Gasteiger partial charge is 0.455 e. The molecule has 1 spiro atoms. The lowest BCUT2D eigenvalue weighted by molar-refractivity contribution is -0.137. The average molecular weight is 871 g/mol. The zero-order chi connectivity index (χ0) is 44.6. The molecule has 0 radical (unpaired) electrons. The number of hydrogen-bond donors (Lipinski definition) is 0. The third-order valence-electron chi connectivity index (χ3n) is 13.9. The van der Waals surface area contributed by atoms with Crippen LogP contribution in [-0.4, -0.2) is 19.5 Å². The molecule has 0 saturated heterocycles. The van der Waals surface area contributed by atoms with Gasteiger partial charge in [-0.3, -0.25) is 0 Å². The van der Waals surface area contributed by atoms with Crippen LogP contribution in [0.25, 0.3) is 106 Å². The molecule has 0 saturated carbocycles. The lowest BCUT2D eigenvalue weighted by atomic mass is 9.70. The molecule has 5 nitrogen and oxygen atoms in total. The number of para-hydroxylation sites is 2. The molecule has 0 amide bonds. The molecule has 0 N–H and O–H groups in total. The number of aromatic nitrogens is 4. The Morgan fingerprint density at radius 2 is 0.925 bits per heavy atom. The SMILES string of the molecule is FC(F)(F)c1cc(-c2nc(-c3ccccc3)nc(-c3ccccc3)n2)c2oc3ccccc3c2c1-n1c2ccccc2c2cc3c(cc21)C1(c2ccccc2-c2ccccc21)c1ccccc1-3. The predicted octanol–water partition coefficient (Wildman–Crippen LogP) is 15.2. The summed E-state index contributed by atoms with van der Waals surface area (Å²) >= 11 is 0. The molecule has 67 heavy (non-hydrogen) atoms. The Morgan fingerprint density at radius 1 is 0.418 bits per heavy atom. The number of furan rings is 1. The van der Waals surface area contributed by atoms with Crippen LogP contribution >= 0.6 is 0 Å². The molecule has 3 aromatic heterocycles. The predicted molar refractivity (Wildman–Crippen MR) is 259 cm³/mol. The van der Waals surface area contributed by atoms with Crippen molar-refractivity contribution < 1.29 is 17.6 Å². The van der Waals surface area contributed by atoms with Gasteiger partial charge in [-0.05, 0) is 74.8 Å². The second-order valence-corrected chi connectivity index (χ2v) is 17.3. The molecule has 0 atom stereocenters. The van der Waals surface area contributed by atoms with Crippen LogP contribution in [0.5, 0.6) is 0 Å². The van der Waals surface area contributed by atoms with Crippen LogP contribution in [0.3, 0.4) is 0 Å². The van der Waals surface area contributed by atoms with E-state index in [-0.39, 0.29) is 22.7 Å².